The maximum absolute atomic E-state index is 12.6. The summed E-state index contributed by atoms with van der Waals surface area (Å²) in [7, 11) is -16.2. The first kappa shape index (κ1) is 36.8. The lowest BCUT2D eigenvalue weighted by Gasteiger charge is -2.32. The minimum Gasteiger partial charge on any atom is -0.387 e. The summed E-state index contributed by atoms with van der Waals surface area (Å²) in [6.07, 6.45) is -8.46. The van der Waals surface area contributed by atoms with Crippen LogP contribution in [0.1, 0.15) is 19.1 Å². The summed E-state index contributed by atoms with van der Waals surface area (Å²) < 4.78 is 67.3. The molecule has 5 heterocycles. The summed E-state index contributed by atoms with van der Waals surface area (Å²) in [5.41, 5.74) is 11.4. The van der Waals surface area contributed by atoms with Crippen LogP contribution in [0.25, 0.3) is 11.2 Å². The van der Waals surface area contributed by atoms with Crippen LogP contribution in [0, 0.1) is 0 Å². The third kappa shape index (κ3) is 8.28. The Bertz CT molecular complexity index is 1690. The van der Waals surface area contributed by atoms with Crippen LogP contribution >= 0.6 is 23.5 Å². The maximum atomic E-state index is 12.6. The molecule has 5 rings (SSSR count). The number of ether oxygens (including phenoxy) is 2. The third-order valence-corrected chi connectivity index (χ3v) is 10.5. The quantitative estimate of drug-likeness (QED) is 0.0942. The van der Waals surface area contributed by atoms with Gasteiger partial charge in [0.1, 0.15) is 48.5 Å². The lowest BCUT2D eigenvalue weighted by atomic mass is 10.1. The van der Waals surface area contributed by atoms with Gasteiger partial charge in [-0.15, -0.1) is 0 Å². The number of aliphatic hydroxyl groups is 3. The number of carbonyl (C=O) groups is 1. The van der Waals surface area contributed by atoms with E-state index in [1.165, 1.54) is 11.1 Å². The number of aliphatic hydroxyl groups excluding tert-OH is 3. The Balaban J connectivity index is 1.20. The summed E-state index contributed by atoms with van der Waals surface area (Å²) in [5.74, 6) is -0.737. The van der Waals surface area contributed by atoms with Gasteiger partial charge in [-0.25, -0.2) is 28.6 Å². The van der Waals surface area contributed by atoms with Gasteiger partial charge >= 0.3 is 23.5 Å². The van der Waals surface area contributed by atoms with Crippen molar-refractivity contribution in [1.82, 2.24) is 24.4 Å². The largest absolute Gasteiger partial charge is 0.481 e. The van der Waals surface area contributed by atoms with E-state index in [0.717, 1.165) is 17.2 Å². The molecule has 2 saturated heterocycles. The van der Waals surface area contributed by atoms with E-state index in [1.54, 1.807) is 0 Å². The Morgan fingerprint density at radius 1 is 0.938 bits per heavy atom. The number of nitrogens with two attached hydrogens (primary N) is 2. The van der Waals surface area contributed by atoms with Gasteiger partial charge in [-0.1, -0.05) is 0 Å². The molecule has 0 aliphatic carbocycles. The van der Waals surface area contributed by atoms with E-state index in [-0.39, 0.29) is 22.6 Å². The molecule has 10 atom stereocenters. The summed E-state index contributed by atoms with van der Waals surface area (Å²) in [5, 5.41) is 31.6. The number of phosphoric acid groups is 3. The monoisotopic (exact) mass is 747 g/mol. The molecule has 0 aromatic carbocycles. The van der Waals surface area contributed by atoms with Crippen molar-refractivity contribution in [3.05, 3.63) is 24.4 Å². The lowest BCUT2D eigenvalue weighted by Crippen LogP contribution is -2.43. The molecule has 48 heavy (non-hydrogen) atoms. The molecule has 2 unspecified atom stereocenters. The predicted molar refractivity (Wildman–Crippen MR) is 153 cm³/mol. The number of rotatable bonds is 13. The molecular formula is C21H32N7O17P3. The van der Waals surface area contributed by atoms with Crippen molar-refractivity contribution < 1.29 is 80.7 Å². The zero-order valence-electron chi connectivity index (χ0n) is 24.3. The van der Waals surface area contributed by atoms with Crippen LogP contribution in [0.4, 0.5) is 5.82 Å². The molecule has 1 amide bonds. The molecule has 3 aliphatic rings. The van der Waals surface area contributed by atoms with Crippen molar-refractivity contribution in [3.63, 3.8) is 0 Å². The zero-order chi connectivity index (χ0) is 35.2. The number of anilines is 1. The van der Waals surface area contributed by atoms with Crippen LogP contribution in [-0.4, -0.2) is 128 Å². The number of nitrogens with zero attached hydrogens (tertiary/aromatic N) is 5. The lowest BCUT2D eigenvalue weighted by molar-refractivity contribution is -0.115. The van der Waals surface area contributed by atoms with Crippen molar-refractivity contribution in [2.24, 2.45) is 5.73 Å². The van der Waals surface area contributed by atoms with Crippen molar-refractivity contribution in [2.75, 3.05) is 25.5 Å². The second kappa shape index (κ2) is 14.0. The van der Waals surface area contributed by atoms with E-state index in [0.29, 0.717) is 19.4 Å². The highest BCUT2D eigenvalue weighted by Gasteiger charge is 2.51. The van der Waals surface area contributed by atoms with Crippen LogP contribution in [0.5, 0.6) is 0 Å². The molecule has 24 nitrogen and oxygen atoms in total. The standard InChI is InChI=1S/C21H32N7O17P3/c22-17-12-19(25-7-24-17)28(8-26-12)21-16(44-46(33,34)35)14(30)11(43-21)6-41-48(38,39)45-47(36,37)40-5-10-13(29)15(31)20(42-10)27-3-1-2-9(4-27)18(23)32/h4,7-8,10-11,13-16,20-21,29-31H,1-3,5-6H2,(H2,23,32)(H,36,37)(H,38,39)(H2,22,24,25)(H2,33,34,35)/t10-,11-,13-,14-,15-,16-,20-,21-/m1/s1. The van der Waals surface area contributed by atoms with Gasteiger partial charge in [0.15, 0.2) is 23.9 Å². The van der Waals surface area contributed by atoms with Gasteiger partial charge in [-0.3, -0.25) is 22.9 Å². The van der Waals surface area contributed by atoms with Gasteiger partial charge in [-0.05, 0) is 12.8 Å². The highest BCUT2D eigenvalue weighted by Crippen LogP contribution is 2.61. The van der Waals surface area contributed by atoms with Crippen LogP contribution in [0.3, 0.4) is 0 Å². The molecule has 2 aromatic rings. The molecule has 3 aliphatic heterocycles. The number of imidazole rings is 1. The van der Waals surface area contributed by atoms with Crippen LogP contribution in [-0.2, 0) is 45.8 Å². The Hall–Kier alpha value is -2.47. The molecule has 11 N–H and O–H groups in total. The van der Waals surface area contributed by atoms with Gasteiger partial charge < -0.3 is 60.7 Å². The Labute approximate surface area is 269 Å². The Kier molecular flexibility index (Phi) is 10.8. The van der Waals surface area contributed by atoms with Gasteiger partial charge in [0.2, 0.25) is 5.91 Å². The first-order chi connectivity index (χ1) is 22.4. The molecule has 0 saturated carbocycles. The number of aromatic nitrogens is 4. The van der Waals surface area contributed by atoms with Crippen LogP contribution in [0.2, 0.25) is 0 Å². The van der Waals surface area contributed by atoms with Gasteiger partial charge in [-0.2, -0.15) is 4.31 Å². The molecule has 2 fully saturated rings. The summed E-state index contributed by atoms with van der Waals surface area (Å²) >= 11 is 0. The number of nitrogen functional groups attached to an aromatic ring is 1. The number of carbonyl (C=O) groups excluding carboxylic acids is 1. The fourth-order valence-electron chi connectivity index (χ4n) is 5.23. The van der Waals surface area contributed by atoms with Crippen LogP contribution in [0.15, 0.2) is 24.4 Å². The second-order valence-corrected chi connectivity index (χ2v) is 15.0. The molecule has 0 spiro atoms. The minimum atomic E-state index is -5.51. The number of fused-ring (bicyclic) bond motifs is 1. The third-order valence-electron chi connectivity index (χ3n) is 7.41. The van der Waals surface area contributed by atoms with E-state index >= 15 is 0 Å². The summed E-state index contributed by atoms with van der Waals surface area (Å²) in [6.45, 7) is -1.67. The van der Waals surface area contributed by atoms with E-state index < -0.39 is 91.7 Å². The molecule has 0 radical (unpaired) electrons. The van der Waals surface area contributed by atoms with Gasteiger partial charge in [0.05, 0.1) is 19.5 Å². The van der Waals surface area contributed by atoms with E-state index in [9.17, 15) is 53.4 Å². The first-order valence-corrected chi connectivity index (χ1v) is 18.3. The fraction of sp³-hybridized carbons (Fsp3) is 0.619. The van der Waals surface area contributed by atoms with Gasteiger partial charge in [0, 0.05) is 18.3 Å². The summed E-state index contributed by atoms with van der Waals surface area (Å²) in [6, 6.07) is 0. The maximum Gasteiger partial charge on any atom is 0.481 e. The van der Waals surface area contributed by atoms with Crippen molar-refractivity contribution in [3.8, 4) is 0 Å². The second-order valence-electron chi connectivity index (χ2n) is 10.7. The van der Waals surface area contributed by atoms with E-state index in [2.05, 4.69) is 19.3 Å². The number of phosphoric ester groups is 3. The number of hydrogen-bond donors (Lipinski definition) is 9. The normalized spacial score (nSPS) is 32.2. The summed E-state index contributed by atoms with van der Waals surface area (Å²) in [4.78, 5) is 63.7. The topological polar surface area (TPSA) is 364 Å². The average molecular weight is 747 g/mol. The van der Waals surface area contributed by atoms with Crippen molar-refractivity contribution in [2.45, 2.75) is 61.9 Å². The predicted octanol–water partition coefficient (Wildman–Crippen LogP) is -2.69. The number of amides is 1. The molecule has 0 bridgehead atoms. The average Bonchev–Trinajstić information content (AvgIpc) is 3.64. The number of primary amides is 1. The zero-order valence-corrected chi connectivity index (χ0v) is 27.0. The molecule has 27 heteroatoms. The van der Waals surface area contributed by atoms with Crippen LogP contribution < -0.4 is 11.5 Å². The van der Waals surface area contributed by atoms with Crippen molar-refractivity contribution >= 4 is 46.4 Å². The van der Waals surface area contributed by atoms with Gasteiger partial charge in [0.25, 0.3) is 0 Å². The minimum absolute atomic E-state index is 0.00751. The first-order valence-electron chi connectivity index (χ1n) is 13.8. The van der Waals surface area contributed by atoms with E-state index in [4.69, 9.17) is 34.5 Å². The fourth-order valence-corrected chi connectivity index (χ4v) is 7.87. The Morgan fingerprint density at radius 2 is 1.56 bits per heavy atom. The molecular weight excluding hydrogens is 715 g/mol. The van der Waals surface area contributed by atoms with E-state index in [1.807, 2.05) is 0 Å². The number of hydrogen-bond acceptors (Lipinski definition) is 18. The van der Waals surface area contributed by atoms with Crippen molar-refractivity contribution in [1.29, 1.82) is 0 Å². The Morgan fingerprint density at radius 3 is 2.19 bits per heavy atom. The highest BCUT2D eigenvalue weighted by atomic mass is 31.3. The molecule has 268 valence electrons. The molecule has 2 aromatic heterocycles. The highest BCUT2D eigenvalue weighted by molar-refractivity contribution is 7.61. The smallest absolute Gasteiger partial charge is 0.387 e. The SMILES string of the molecule is NC(=O)C1=CN([C@@H]2O[C@H](COP(=O)(O)OP(=O)(O)OC[C@H]3O[C@@H](n4cnc5c(N)ncnc54)[C@H](OP(=O)(O)O)[C@@H]3O)[C@@H](O)[C@H]2O)CCC1.